The lowest BCUT2D eigenvalue weighted by molar-refractivity contribution is -0.705. The monoisotopic (exact) mass is 309 g/mol. The van der Waals surface area contributed by atoms with Crippen LogP contribution in [0.3, 0.4) is 0 Å². The first kappa shape index (κ1) is 14.8. The van der Waals surface area contributed by atoms with E-state index in [2.05, 4.69) is 5.32 Å². The number of carbonyl (C=O) groups excluding carboxylic acids is 1. The summed E-state index contributed by atoms with van der Waals surface area (Å²) in [6.45, 7) is 4.39. The van der Waals surface area contributed by atoms with Gasteiger partial charge in [-0.1, -0.05) is 23.2 Å². The average molecular weight is 310 g/mol. The molecule has 104 valence electrons. The third-order valence-electron chi connectivity index (χ3n) is 2.99. The first-order chi connectivity index (χ1) is 9.47. The van der Waals surface area contributed by atoms with Crippen molar-refractivity contribution >= 4 is 29.1 Å². The van der Waals surface area contributed by atoms with Crippen molar-refractivity contribution in [1.29, 1.82) is 0 Å². The molecule has 20 heavy (non-hydrogen) atoms. The van der Waals surface area contributed by atoms with E-state index in [1.165, 1.54) is 0 Å². The number of aryl methyl sites for hydroxylation is 2. The molecule has 1 amide bonds. The number of nitrogens with one attached hydrogen (secondary N) is 1. The first-order valence-electron chi connectivity index (χ1n) is 6.17. The molecule has 0 radical (unpaired) electrons. The van der Waals surface area contributed by atoms with Gasteiger partial charge in [0.15, 0.2) is 11.9 Å². The van der Waals surface area contributed by atoms with Gasteiger partial charge in [-0.2, -0.15) is 4.57 Å². The highest BCUT2D eigenvalue weighted by molar-refractivity contribution is 6.36. The molecule has 0 spiro atoms. The minimum Gasteiger partial charge on any atom is -0.296 e. The number of aromatic nitrogens is 1. The molecule has 0 atom stereocenters. The van der Waals surface area contributed by atoms with Crippen LogP contribution in [0.4, 0.5) is 0 Å². The Balaban J connectivity index is 2.10. The summed E-state index contributed by atoms with van der Waals surface area (Å²) in [5.74, 6) is -0.222. The Bertz CT molecular complexity index is 656. The highest BCUT2D eigenvalue weighted by Crippen LogP contribution is 2.20. The van der Waals surface area contributed by atoms with Crippen LogP contribution < -0.4 is 9.88 Å². The maximum Gasteiger partial charge on any atom is 0.257 e. The van der Waals surface area contributed by atoms with Crippen LogP contribution in [-0.4, -0.2) is 5.91 Å². The molecule has 3 nitrogen and oxygen atoms in total. The number of hydrogen-bond acceptors (Lipinski definition) is 1. The molecule has 1 heterocycles. The van der Waals surface area contributed by atoms with Gasteiger partial charge >= 0.3 is 0 Å². The molecule has 1 aromatic heterocycles. The summed E-state index contributed by atoms with van der Waals surface area (Å²) in [6.07, 6.45) is 1.99. The molecule has 0 aliphatic heterocycles. The van der Waals surface area contributed by atoms with Gasteiger partial charge in [0.25, 0.3) is 5.91 Å². The van der Waals surface area contributed by atoms with Crippen molar-refractivity contribution in [2.45, 2.75) is 20.5 Å². The number of halogens is 2. The lowest BCUT2D eigenvalue weighted by Gasteiger charge is -2.06. The molecule has 0 saturated heterocycles. The molecule has 0 saturated carbocycles. The van der Waals surface area contributed by atoms with E-state index in [0.717, 1.165) is 11.3 Å². The van der Waals surface area contributed by atoms with Gasteiger partial charge in [-0.25, -0.2) is 0 Å². The molecule has 0 bridgehead atoms. The molecule has 2 aromatic rings. The second-order valence-electron chi connectivity index (χ2n) is 4.61. The molecule has 2 rings (SSSR count). The van der Waals surface area contributed by atoms with Crippen molar-refractivity contribution in [3.63, 3.8) is 0 Å². The summed E-state index contributed by atoms with van der Waals surface area (Å²) in [6, 6.07) is 8.87. The van der Waals surface area contributed by atoms with Gasteiger partial charge in [-0.05, 0) is 31.2 Å². The van der Waals surface area contributed by atoms with Crippen LogP contribution in [0, 0.1) is 13.8 Å². The fourth-order valence-corrected chi connectivity index (χ4v) is 2.33. The van der Waals surface area contributed by atoms with Crippen molar-refractivity contribution in [3.8, 4) is 0 Å². The van der Waals surface area contributed by atoms with Crippen LogP contribution in [0.1, 0.15) is 21.6 Å². The van der Waals surface area contributed by atoms with Crippen molar-refractivity contribution in [2.75, 3.05) is 0 Å². The Morgan fingerprint density at radius 2 is 1.95 bits per heavy atom. The maximum absolute atomic E-state index is 12.1. The van der Waals surface area contributed by atoms with Crippen LogP contribution in [0.15, 0.2) is 36.5 Å². The molecule has 0 unspecified atom stereocenters. The Kier molecular flexibility index (Phi) is 4.63. The van der Waals surface area contributed by atoms with Crippen molar-refractivity contribution in [2.24, 2.45) is 0 Å². The zero-order valence-corrected chi connectivity index (χ0v) is 12.8. The van der Waals surface area contributed by atoms with E-state index in [4.69, 9.17) is 23.2 Å². The van der Waals surface area contributed by atoms with Gasteiger partial charge in [0, 0.05) is 23.6 Å². The Morgan fingerprint density at radius 3 is 2.65 bits per heavy atom. The molecule has 1 N–H and O–H groups in total. The van der Waals surface area contributed by atoms with E-state index in [-0.39, 0.29) is 5.91 Å². The van der Waals surface area contributed by atoms with Crippen LogP contribution in [0.25, 0.3) is 0 Å². The lowest BCUT2D eigenvalue weighted by atomic mass is 10.2. The third-order valence-corrected chi connectivity index (χ3v) is 3.53. The van der Waals surface area contributed by atoms with E-state index in [9.17, 15) is 4.79 Å². The van der Waals surface area contributed by atoms with E-state index in [1.54, 1.807) is 18.2 Å². The van der Waals surface area contributed by atoms with Gasteiger partial charge in [-0.3, -0.25) is 10.1 Å². The zero-order chi connectivity index (χ0) is 14.7. The largest absolute Gasteiger partial charge is 0.296 e. The molecular formula is C15H15Cl2N2O+. The van der Waals surface area contributed by atoms with Gasteiger partial charge in [0.1, 0.15) is 0 Å². The van der Waals surface area contributed by atoms with Gasteiger partial charge in [0.2, 0.25) is 6.67 Å². The van der Waals surface area contributed by atoms with Gasteiger partial charge < -0.3 is 0 Å². The average Bonchev–Trinajstić information content (AvgIpc) is 2.39. The summed E-state index contributed by atoms with van der Waals surface area (Å²) in [4.78, 5) is 12.1. The second-order valence-corrected chi connectivity index (χ2v) is 5.45. The number of carbonyl (C=O) groups is 1. The van der Waals surface area contributed by atoms with Crippen LogP contribution in [0.5, 0.6) is 0 Å². The van der Waals surface area contributed by atoms with Crippen molar-refractivity contribution in [1.82, 2.24) is 5.32 Å². The van der Waals surface area contributed by atoms with E-state index in [1.807, 2.05) is 36.7 Å². The third kappa shape index (κ3) is 3.50. The minimum atomic E-state index is -0.222. The maximum atomic E-state index is 12.1. The molecule has 0 aliphatic carbocycles. The number of nitrogens with zero attached hydrogens (tertiary/aromatic N) is 1. The SMILES string of the molecule is Cc1ccc(C)[n+](CNC(=O)c2ccc(Cl)cc2Cl)c1. The highest BCUT2D eigenvalue weighted by Gasteiger charge is 2.13. The smallest absolute Gasteiger partial charge is 0.257 e. The van der Waals surface area contributed by atoms with Gasteiger partial charge in [-0.15, -0.1) is 0 Å². The molecule has 0 fully saturated rings. The van der Waals surface area contributed by atoms with Gasteiger partial charge in [0.05, 0.1) is 10.6 Å². The number of pyridine rings is 1. The molecule has 1 aromatic carbocycles. The predicted octanol–water partition coefficient (Wildman–Crippen LogP) is 3.29. The number of hydrogen-bond donors (Lipinski definition) is 1. The van der Waals surface area contributed by atoms with E-state index < -0.39 is 0 Å². The summed E-state index contributed by atoms with van der Waals surface area (Å²) in [5.41, 5.74) is 2.62. The normalized spacial score (nSPS) is 10.4. The van der Waals surface area contributed by atoms with Crippen LogP contribution in [-0.2, 0) is 6.67 Å². The molecule has 0 aliphatic rings. The topological polar surface area (TPSA) is 33.0 Å². The number of benzene rings is 1. The minimum absolute atomic E-state index is 0.222. The number of amides is 1. The van der Waals surface area contributed by atoms with Crippen molar-refractivity contribution in [3.05, 3.63) is 63.4 Å². The number of rotatable bonds is 3. The first-order valence-corrected chi connectivity index (χ1v) is 6.93. The Labute approximate surface area is 128 Å². The molecule has 5 heteroatoms. The lowest BCUT2D eigenvalue weighted by Crippen LogP contribution is -2.45. The fourth-order valence-electron chi connectivity index (χ4n) is 1.83. The fraction of sp³-hybridized carbons (Fsp3) is 0.200. The van der Waals surface area contributed by atoms with E-state index >= 15 is 0 Å². The Morgan fingerprint density at radius 1 is 1.20 bits per heavy atom. The standard InChI is InChI=1S/C15H14Cl2N2O/c1-10-3-4-11(2)19(8-10)9-18-15(20)13-6-5-12(16)7-14(13)17/h3-8H,9H2,1-2H3/p+1. The summed E-state index contributed by atoms with van der Waals surface area (Å²) in [5, 5.41) is 3.70. The summed E-state index contributed by atoms with van der Waals surface area (Å²) >= 11 is 11.8. The molecular weight excluding hydrogens is 295 g/mol. The van der Waals surface area contributed by atoms with Crippen LogP contribution in [0.2, 0.25) is 10.0 Å². The highest BCUT2D eigenvalue weighted by atomic mass is 35.5. The summed E-state index contributed by atoms with van der Waals surface area (Å²) in [7, 11) is 0. The van der Waals surface area contributed by atoms with E-state index in [0.29, 0.717) is 22.3 Å². The van der Waals surface area contributed by atoms with Crippen molar-refractivity contribution < 1.29 is 9.36 Å². The summed E-state index contributed by atoms with van der Waals surface area (Å²) < 4.78 is 1.97. The predicted molar refractivity (Wildman–Crippen MR) is 80.0 cm³/mol. The Hall–Kier alpha value is -1.58. The quantitative estimate of drug-likeness (QED) is 0.867. The second kappa shape index (κ2) is 6.25. The zero-order valence-electron chi connectivity index (χ0n) is 11.3. The van der Waals surface area contributed by atoms with Crippen LogP contribution >= 0.6 is 23.2 Å².